The van der Waals surface area contributed by atoms with Crippen LogP contribution in [0.4, 0.5) is 17.6 Å². The molecule has 5 nitrogen and oxygen atoms in total. The minimum atomic E-state index is -4.71. The van der Waals surface area contributed by atoms with E-state index in [4.69, 9.17) is 28.9 Å². The Kier molecular flexibility index (Phi) is 7.55. The van der Waals surface area contributed by atoms with Gasteiger partial charge in [0.2, 0.25) is 11.8 Å². The van der Waals surface area contributed by atoms with E-state index in [9.17, 15) is 27.2 Å². The van der Waals surface area contributed by atoms with Crippen LogP contribution in [0.25, 0.3) is 0 Å². The number of amides is 2. The molecule has 2 aromatic carbocycles. The highest BCUT2D eigenvalue weighted by atomic mass is 35.5. The summed E-state index contributed by atoms with van der Waals surface area (Å²) in [4.78, 5) is 28.2. The Morgan fingerprint density at radius 2 is 1.78 bits per heavy atom. The molecule has 2 fully saturated rings. The standard InChI is InChI=1S/C25H25Cl2F4N3O2/c26-16-3-1-14(19(27)13-16)11-21(22(32)35)34(17-5-9-33-10-6-17)23(36)24(7-8-24)18-4-2-15(12-20(18)28)25(29,30)31/h1-4,12-13,17,21,33H,5-11H2,(H2,32,35)/t21-/m0/s1. The summed E-state index contributed by atoms with van der Waals surface area (Å²) in [6.07, 6.45) is -3.11. The van der Waals surface area contributed by atoms with Gasteiger partial charge in [-0.25, -0.2) is 4.39 Å². The second kappa shape index (κ2) is 10.2. The summed E-state index contributed by atoms with van der Waals surface area (Å²) in [7, 11) is 0. The number of piperidine rings is 1. The zero-order valence-electron chi connectivity index (χ0n) is 19.2. The highest BCUT2D eigenvalue weighted by molar-refractivity contribution is 6.35. The SMILES string of the molecule is NC(=O)[C@H](Cc1ccc(Cl)cc1Cl)N(C(=O)C1(c2ccc(C(F)(F)F)cc2F)CC1)C1CCNCC1. The highest BCUT2D eigenvalue weighted by Crippen LogP contribution is 2.52. The fourth-order valence-electron chi connectivity index (χ4n) is 4.93. The van der Waals surface area contributed by atoms with Gasteiger partial charge in [0.05, 0.1) is 11.0 Å². The summed E-state index contributed by atoms with van der Waals surface area (Å²) < 4.78 is 54.2. The number of hydrogen-bond donors (Lipinski definition) is 2. The third-order valence-corrected chi connectivity index (χ3v) is 7.59. The van der Waals surface area contributed by atoms with Crippen molar-refractivity contribution in [2.45, 2.75) is 55.8 Å². The molecular weight excluding hydrogens is 521 g/mol. The number of nitrogens with two attached hydrogens (primary N) is 1. The van der Waals surface area contributed by atoms with E-state index in [-0.39, 0.29) is 30.9 Å². The van der Waals surface area contributed by atoms with Gasteiger partial charge in [0.15, 0.2) is 0 Å². The van der Waals surface area contributed by atoms with Crippen LogP contribution in [0.1, 0.15) is 42.4 Å². The van der Waals surface area contributed by atoms with Crippen molar-refractivity contribution < 1.29 is 27.2 Å². The van der Waals surface area contributed by atoms with Gasteiger partial charge in [-0.3, -0.25) is 9.59 Å². The molecule has 0 radical (unpaired) electrons. The smallest absolute Gasteiger partial charge is 0.368 e. The number of halogens is 6. The zero-order valence-corrected chi connectivity index (χ0v) is 20.7. The Morgan fingerprint density at radius 3 is 2.31 bits per heavy atom. The van der Waals surface area contributed by atoms with E-state index >= 15 is 0 Å². The highest BCUT2D eigenvalue weighted by Gasteiger charge is 2.57. The number of alkyl halides is 3. The van der Waals surface area contributed by atoms with Gasteiger partial charge in [0.1, 0.15) is 11.9 Å². The molecule has 11 heteroatoms. The van der Waals surface area contributed by atoms with Crippen LogP contribution in [-0.2, 0) is 27.6 Å². The number of primary amides is 1. The quantitative estimate of drug-likeness (QED) is 0.488. The van der Waals surface area contributed by atoms with Crippen LogP contribution in [0.2, 0.25) is 10.0 Å². The summed E-state index contributed by atoms with van der Waals surface area (Å²) >= 11 is 12.3. The molecule has 1 atom stereocenters. The number of carbonyl (C=O) groups is 2. The van der Waals surface area contributed by atoms with Gasteiger partial charge >= 0.3 is 6.18 Å². The third kappa shape index (κ3) is 5.33. The minimum Gasteiger partial charge on any atom is -0.368 e. The molecule has 2 aromatic rings. The average Bonchev–Trinajstić information content (AvgIpc) is 3.61. The van der Waals surface area contributed by atoms with Crippen LogP contribution in [0.3, 0.4) is 0 Å². The van der Waals surface area contributed by atoms with Crippen molar-refractivity contribution in [3.8, 4) is 0 Å². The molecule has 0 spiro atoms. The van der Waals surface area contributed by atoms with E-state index in [0.717, 1.165) is 12.1 Å². The van der Waals surface area contributed by atoms with Gasteiger partial charge in [-0.1, -0.05) is 35.3 Å². The number of nitrogens with one attached hydrogen (secondary N) is 1. The summed E-state index contributed by atoms with van der Waals surface area (Å²) in [5.41, 5.74) is 3.77. The van der Waals surface area contributed by atoms with Crippen LogP contribution in [0.15, 0.2) is 36.4 Å². The molecule has 1 aliphatic heterocycles. The number of carbonyl (C=O) groups excluding carboxylic acids is 2. The molecule has 36 heavy (non-hydrogen) atoms. The van der Waals surface area contributed by atoms with Crippen molar-refractivity contribution in [1.29, 1.82) is 0 Å². The van der Waals surface area contributed by atoms with Gasteiger partial charge in [-0.15, -0.1) is 0 Å². The van der Waals surface area contributed by atoms with E-state index in [1.165, 1.54) is 11.0 Å². The molecule has 1 aliphatic carbocycles. The van der Waals surface area contributed by atoms with Crippen molar-refractivity contribution in [3.05, 3.63) is 69.0 Å². The topological polar surface area (TPSA) is 75.4 Å². The molecule has 1 saturated heterocycles. The predicted octanol–water partition coefficient (Wildman–Crippen LogP) is 4.86. The first-order valence-corrected chi connectivity index (χ1v) is 12.3. The molecular formula is C25H25Cl2F4N3O2. The fraction of sp³-hybridized carbons (Fsp3) is 0.440. The van der Waals surface area contributed by atoms with Gasteiger partial charge in [-0.05, 0) is 68.6 Å². The summed E-state index contributed by atoms with van der Waals surface area (Å²) in [5.74, 6) is -2.36. The van der Waals surface area contributed by atoms with Crippen molar-refractivity contribution in [1.82, 2.24) is 10.2 Å². The zero-order chi connectivity index (χ0) is 26.3. The van der Waals surface area contributed by atoms with Crippen molar-refractivity contribution >= 4 is 35.0 Å². The largest absolute Gasteiger partial charge is 0.416 e. The molecule has 194 valence electrons. The predicted molar refractivity (Wildman–Crippen MR) is 128 cm³/mol. The first-order valence-electron chi connectivity index (χ1n) is 11.6. The monoisotopic (exact) mass is 545 g/mol. The van der Waals surface area contributed by atoms with E-state index in [1.807, 2.05) is 0 Å². The second-order valence-electron chi connectivity index (χ2n) is 9.33. The van der Waals surface area contributed by atoms with E-state index < -0.39 is 40.8 Å². The van der Waals surface area contributed by atoms with Crippen molar-refractivity contribution in [2.24, 2.45) is 5.73 Å². The molecule has 1 heterocycles. The fourth-order valence-corrected chi connectivity index (χ4v) is 5.41. The van der Waals surface area contributed by atoms with E-state index in [1.54, 1.807) is 12.1 Å². The summed E-state index contributed by atoms with van der Waals surface area (Å²) in [5, 5.41) is 3.91. The molecule has 4 rings (SSSR count). The van der Waals surface area contributed by atoms with E-state index in [2.05, 4.69) is 5.32 Å². The number of benzene rings is 2. The molecule has 2 aliphatic rings. The number of nitrogens with zero attached hydrogens (tertiary/aromatic N) is 1. The third-order valence-electron chi connectivity index (χ3n) is 7.00. The maximum Gasteiger partial charge on any atom is 0.416 e. The molecule has 0 unspecified atom stereocenters. The number of hydrogen-bond acceptors (Lipinski definition) is 3. The average molecular weight is 546 g/mol. The Bertz CT molecular complexity index is 1160. The van der Waals surface area contributed by atoms with Crippen LogP contribution in [-0.4, -0.2) is 41.9 Å². The lowest BCUT2D eigenvalue weighted by molar-refractivity contribution is -0.145. The Balaban J connectivity index is 1.73. The maximum atomic E-state index is 15.0. The normalized spacial score (nSPS) is 18.5. The summed E-state index contributed by atoms with van der Waals surface area (Å²) in [6.45, 7) is 1.20. The van der Waals surface area contributed by atoms with E-state index in [0.29, 0.717) is 47.6 Å². The van der Waals surface area contributed by atoms with Crippen LogP contribution < -0.4 is 11.1 Å². The lowest BCUT2D eigenvalue weighted by atomic mass is 9.89. The Labute approximate surface area is 215 Å². The van der Waals surface area contributed by atoms with Gasteiger partial charge in [-0.2, -0.15) is 13.2 Å². The molecule has 3 N–H and O–H groups in total. The summed E-state index contributed by atoms with van der Waals surface area (Å²) in [6, 6.07) is 5.54. The molecule has 0 aromatic heterocycles. The van der Waals surface area contributed by atoms with Gasteiger partial charge < -0.3 is 16.0 Å². The number of rotatable bonds is 7. The van der Waals surface area contributed by atoms with Crippen LogP contribution in [0, 0.1) is 5.82 Å². The van der Waals surface area contributed by atoms with Crippen LogP contribution >= 0.6 is 23.2 Å². The van der Waals surface area contributed by atoms with Crippen LogP contribution in [0.5, 0.6) is 0 Å². The lowest BCUT2D eigenvalue weighted by Crippen LogP contribution is -2.58. The molecule has 2 amide bonds. The molecule has 1 saturated carbocycles. The molecule has 0 bridgehead atoms. The van der Waals surface area contributed by atoms with Crippen molar-refractivity contribution in [2.75, 3.05) is 13.1 Å². The van der Waals surface area contributed by atoms with Gasteiger partial charge in [0.25, 0.3) is 0 Å². The van der Waals surface area contributed by atoms with Crippen molar-refractivity contribution in [3.63, 3.8) is 0 Å². The van der Waals surface area contributed by atoms with Gasteiger partial charge in [0, 0.05) is 28.1 Å². The first kappa shape index (κ1) is 26.7. The lowest BCUT2D eigenvalue weighted by Gasteiger charge is -2.41. The second-order valence-corrected chi connectivity index (χ2v) is 10.2. The maximum absolute atomic E-state index is 15.0. The Morgan fingerprint density at radius 1 is 1.11 bits per heavy atom. The first-order chi connectivity index (χ1) is 16.9. The Hall–Kier alpha value is -2.36. The minimum absolute atomic E-state index is 0.0204.